The van der Waals surface area contributed by atoms with Crippen LogP contribution < -0.4 is 5.30 Å². The fourth-order valence-corrected chi connectivity index (χ4v) is 3.23. The molecular weight excluding hydrogens is 255 g/mol. The van der Waals surface area contributed by atoms with E-state index in [4.69, 9.17) is 14.0 Å². The van der Waals surface area contributed by atoms with E-state index < -0.39 is 14.1 Å². The second-order valence-corrected chi connectivity index (χ2v) is 5.64. The van der Waals surface area contributed by atoms with E-state index >= 15 is 0 Å². The molecule has 1 aromatic carbocycles. The molecule has 0 aromatic heterocycles. The van der Waals surface area contributed by atoms with E-state index in [-0.39, 0.29) is 24.9 Å². The van der Waals surface area contributed by atoms with Crippen molar-refractivity contribution in [3.63, 3.8) is 0 Å². The minimum Gasteiger partial charge on any atom is -0.388 e. The third kappa shape index (κ3) is 2.20. The summed E-state index contributed by atoms with van der Waals surface area (Å²) in [6, 6.07) is 9.01. The summed E-state index contributed by atoms with van der Waals surface area (Å²) in [6.45, 7) is 0.553. The van der Waals surface area contributed by atoms with Gasteiger partial charge >= 0.3 is 8.03 Å². The van der Waals surface area contributed by atoms with Crippen LogP contribution in [0, 0.1) is 0 Å². The van der Waals surface area contributed by atoms with E-state index in [1.807, 2.05) is 18.2 Å². The number of aliphatic hydroxyl groups is 1. The molecule has 2 aliphatic heterocycles. The molecule has 1 aromatic rings. The van der Waals surface area contributed by atoms with E-state index in [1.54, 1.807) is 12.1 Å². The van der Waals surface area contributed by atoms with Gasteiger partial charge in [-0.05, 0) is 16.7 Å². The highest BCUT2D eigenvalue weighted by Crippen LogP contribution is 2.34. The van der Waals surface area contributed by atoms with Crippen molar-refractivity contribution in [2.75, 3.05) is 13.2 Å². The van der Waals surface area contributed by atoms with Crippen LogP contribution in [0.15, 0.2) is 30.3 Å². The second-order valence-electron chi connectivity index (χ2n) is 4.40. The Morgan fingerprint density at radius 3 is 2.67 bits per heavy atom. The van der Waals surface area contributed by atoms with Crippen molar-refractivity contribution >= 4 is 13.3 Å². The largest absolute Gasteiger partial charge is 0.549 e. The standard InChI is InChI=1S/C12H14O5P/c13-9-6-15-12-10(7-16-11(9)12)17-18(14)8-4-2-1-3-5-8/h1-5,9-13H,6-7H2/q+1/t9-,10+,11-,12-/m1/s1. The molecule has 1 unspecified atom stereocenters. The van der Waals surface area contributed by atoms with Gasteiger partial charge in [-0.2, -0.15) is 0 Å². The van der Waals surface area contributed by atoms with Crippen molar-refractivity contribution in [2.24, 2.45) is 0 Å². The number of hydrogen-bond acceptors (Lipinski definition) is 5. The van der Waals surface area contributed by atoms with Gasteiger partial charge in [-0.3, -0.25) is 0 Å². The molecule has 3 rings (SSSR count). The number of ether oxygens (including phenoxy) is 2. The SMILES string of the molecule is O=[P+](O[C@H]1CO[C@H]2[C@@H]1OC[C@H]2O)c1ccccc1. The first-order chi connectivity index (χ1) is 8.75. The average molecular weight is 269 g/mol. The Labute approximate surface area is 106 Å². The molecule has 0 radical (unpaired) electrons. The number of benzene rings is 1. The number of hydrogen-bond donors (Lipinski definition) is 1. The molecule has 0 aliphatic carbocycles. The molecule has 0 amide bonds. The summed E-state index contributed by atoms with van der Waals surface area (Å²) in [5.41, 5.74) is 0. The smallest absolute Gasteiger partial charge is 0.388 e. The molecule has 2 saturated heterocycles. The summed E-state index contributed by atoms with van der Waals surface area (Å²) in [7, 11) is -1.92. The zero-order valence-corrected chi connectivity index (χ0v) is 10.5. The first kappa shape index (κ1) is 12.2. The molecular formula is C12H14O5P+. The minimum atomic E-state index is -1.92. The molecule has 5 nitrogen and oxygen atoms in total. The van der Waals surface area contributed by atoms with E-state index in [2.05, 4.69) is 0 Å². The van der Waals surface area contributed by atoms with Crippen LogP contribution in [0.4, 0.5) is 0 Å². The van der Waals surface area contributed by atoms with Gasteiger partial charge in [0.25, 0.3) is 0 Å². The van der Waals surface area contributed by atoms with E-state index in [0.717, 1.165) is 0 Å². The van der Waals surface area contributed by atoms with E-state index in [9.17, 15) is 9.67 Å². The first-order valence-corrected chi connectivity index (χ1v) is 7.04. The van der Waals surface area contributed by atoms with Crippen molar-refractivity contribution < 1.29 is 23.7 Å². The Bertz CT molecular complexity index is 437. The predicted molar refractivity (Wildman–Crippen MR) is 64.0 cm³/mol. The maximum absolute atomic E-state index is 12.0. The summed E-state index contributed by atoms with van der Waals surface area (Å²) < 4.78 is 28.4. The Balaban J connectivity index is 1.66. The summed E-state index contributed by atoms with van der Waals surface area (Å²) in [5, 5.41) is 10.2. The van der Waals surface area contributed by atoms with Crippen LogP contribution in [0.1, 0.15) is 0 Å². The molecule has 18 heavy (non-hydrogen) atoms. The van der Waals surface area contributed by atoms with Crippen LogP contribution in [-0.2, 0) is 18.6 Å². The fourth-order valence-electron chi connectivity index (χ4n) is 2.27. The topological polar surface area (TPSA) is 65.0 Å². The Kier molecular flexibility index (Phi) is 3.41. The van der Waals surface area contributed by atoms with Crippen LogP contribution in [0.5, 0.6) is 0 Å². The maximum Gasteiger partial charge on any atom is 0.549 e. The first-order valence-electron chi connectivity index (χ1n) is 5.86. The molecule has 6 heteroatoms. The lowest BCUT2D eigenvalue weighted by atomic mass is 10.1. The zero-order valence-electron chi connectivity index (χ0n) is 9.64. The van der Waals surface area contributed by atoms with Gasteiger partial charge < -0.3 is 14.6 Å². The molecule has 1 N–H and O–H groups in total. The van der Waals surface area contributed by atoms with Gasteiger partial charge in [0, 0.05) is 0 Å². The average Bonchev–Trinajstić information content (AvgIpc) is 2.95. The molecule has 0 saturated carbocycles. The fraction of sp³-hybridized carbons (Fsp3) is 0.500. The van der Waals surface area contributed by atoms with Gasteiger partial charge in [0.05, 0.1) is 13.2 Å². The van der Waals surface area contributed by atoms with Crippen molar-refractivity contribution in [3.05, 3.63) is 30.3 Å². The van der Waals surface area contributed by atoms with Crippen LogP contribution >= 0.6 is 8.03 Å². The summed E-state index contributed by atoms with van der Waals surface area (Å²) in [4.78, 5) is 0. The number of aliphatic hydroxyl groups excluding tert-OH is 1. The lowest BCUT2D eigenvalue weighted by Crippen LogP contribution is -2.32. The third-order valence-corrected chi connectivity index (χ3v) is 4.36. The molecule has 2 heterocycles. The lowest BCUT2D eigenvalue weighted by molar-refractivity contribution is 0.0103. The Morgan fingerprint density at radius 2 is 1.89 bits per heavy atom. The van der Waals surface area contributed by atoms with Crippen molar-refractivity contribution in [1.29, 1.82) is 0 Å². The molecule has 2 aliphatic rings. The monoisotopic (exact) mass is 269 g/mol. The van der Waals surface area contributed by atoms with Crippen LogP contribution in [0.2, 0.25) is 0 Å². The van der Waals surface area contributed by atoms with Gasteiger partial charge in [-0.1, -0.05) is 18.2 Å². The van der Waals surface area contributed by atoms with E-state index in [1.165, 1.54) is 0 Å². The van der Waals surface area contributed by atoms with Gasteiger partial charge in [0.15, 0.2) is 6.10 Å². The summed E-state index contributed by atoms with van der Waals surface area (Å²) in [5.74, 6) is 0. The minimum absolute atomic E-state index is 0.247. The third-order valence-electron chi connectivity index (χ3n) is 3.18. The van der Waals surface area contributed by atoms with Gasteiger partial charge in [0.2, 0.25) is 5.30 Å². The molecule has 0 bridgehead atoms. The molecule has 5 atom stereocenters. The maximum atomic E-state index is 12.0. The Hall–Kier alpha value is -0.840. The molecule has 96 valence electrons. The normalized spacial score (nSPS) is 35.5. The highest BCUT2D eigenvalue weighted by Gasteiger charge is 2.51. The summed E-state index contributed by atoms with van der Waals surface area (Å²) in [6.07, 6.45) is -1.66. The highest BCUT2D eigenvalue weighted by atomic mass is 31.1. The highest BCUT2D eigenvalue weighted by molar-refractivity contribution is 7.48. The van der Waals surface area contributed by atoms with Gasteiger partial charge in [-0.25, -0.2) is 0 Å². The van der Waals surface area contributed by atoms with Crippen LogP contribution in [0.25, 0.3) is 0 Å². The summed E-state index contributed by atoms with van der Waals surface area (Å²) >= 11 is 0. The van der Waals surface area contributed by atoms with Crippen LogP contribution in [0.3, 0.4) is 0 Å². The van der Waals surface area contributed by atoms with Crippen LogP contribution in [-0.4, -0.2) is 42.7 Å². The molecule has 2 fully saturated rings. The van der Waals surface area contributed by atoms with Crippen molar-refractivity contribution in [3.8, 4) is 0 Å². The second kappa shape index (κ2) is 5.03. The number of fused-ring (bicyclic) bond motifs is 1. The van der Waals surface area contributed by atoms with Gasteiger partial charge in [0.1, 0.15) is 18.3 Å². The quantitative estimate of drug-likeness (QED) is 0.814. The lowest BCUT2D eigenvalue weighted by Gasteiger charge is -2.10. The van der Waals surface area contributed by atoms with Crippen molar-refractivity contribution in [2.45, 2.75) is 24.4 Å². The zero-order chi connectivity index (χ0) is 12.5. The predicted octanol–water partition coefficient (Wildman–Crippen LogP) is 0.598. The van der Waals surface area contributed by atoms with Gasteiger partial charge in [-0.15, -0.1) is 4.52 Å². The molecule has 0 spiro atoms. The number of rotatable bonds is 3. The Morgan fingerprint density at radius 1 is 1.17 bits per heavy atom. The van der Waals surface area contributed by atoms with E-state index in [0.29, 0.717) is 11.9 Å². The van der Waals surface area contributed by atoms with Crippen molar-refractivity contribution in [1.82, 2.24) is 0 Å².